The third-order valence-corrected chi connectivity index (χ3v) is 4.61. The molecule has 2 aromatic rings. The molecule has 1 aliphatic heterocycles. The van der Waals surface area contributed by atoms with Gasteiger partial charge < -0.3 is 20.5 Å². The number of nitrogens with one attached hydrogen (secondary N) is 1. The summed E-state index contributed by atoms with van der Waals surface area (Å²) in [5.74, 6) is 1.65. The van der Waals surface area contributed by atoms with Crippen molar-refractivity contribution in [2.75, 3.05) is 6.79 Å². The van der Waals surface area contributed by atoms with Gasteiger partial charge in [-0.15, -0.1) is 0 Å². The SMILES string of the molecule is CC(NC1CC(N)c2ccccc21)c1ccc2c(c1)OCO2. The molecule has 4 rings (SSSR count). The Morgan fingerprint density at radius 2 is 1.86 bits per heavy atom. The van der Waals surface area contributed by atoms with Crippen LogP contribution < -0.4 is 20.5 Å². The summed E-state index contributed by atoms with van der Waals surface area (Å²) in [7, 11) is 0. The zero-order valence-corrected chi connectivity index (χ0v) is 12.6. The Hall–Kier alpha value is -2.04. The van der Waals surface area contributed by atoms with Crippen LogP contribution >= 0.6 is 0 Å². The molecule has 0 radical (unpaired) electrons. The summed E-state index contributed by atoms with van der Waals surface area (Å²) in [6.45, 7) is 2.48. The fourth-order valence-corrected chi connectivity index (χ4v) is 3.41. The van der Waals surface area contributed by atoms with Gasteiger partial charge in [0.1, 0.15) is 0 Å². The van der Waals surface area contributed by atoms with Crippen molar-refractivity contribution in [1.82, 2.24) is 5.32 Å². The molecule has 3 unspecified atom stereocenters. The first-order valence-corrected chi connectivity index (χ1v) is 7.72. The molecule has 22 heavy (non-hydrogen) atoms. The van der Waals surface area contributed by atoms with Crippen molar-refractivity contribution in [3.05, 3.63) is 59.2 Å². The summed E-state index contributed by atoms with van der Waals surface area (Å²) in [6.07, 6.45) is 0.939. The molecular weight excluding hydrogens is 276 g/mol. The second-order valence-electron chi connectivity index (χ2n) is 6.02. The number of hydrogen-bond donors (Lipinski definition) is 2. The molecule has 114 valence electrons. The van der Waals surface area contributed by atoms with Crippen LogP contribution in [0.15, 0.2) is 42.5 Å². The van der Waals surface area contributed by atoms with E-state index in [9.17, 15) is 0 Å². The van der Waals surface area contributed by atoms with Crippen molar-refractivity contribution in [3.8, 4) is 11.5 Å². The molecule has 0 aromatic heterocycles. The summed E-state index contributed by atoms with van der Waals surface area (Å²) in [4.78, 5) is 0. The first-order valence-electron chi connectivity index (χ1n) is 7.72. The minimum Gasteiger partial charge on any atom is -0.454 e. The van der Waals surface area contributed by atoms with E-state index in [0.717, 1.165) is 17.9 Å². The maximum atomic E-state index is 6.25. The number of benzene rings is 2. The predicted octanol–water partition coefficient (Wildman–Crippen LogP) is 3.21. The maximum Gasteiger partial charge on any atom is 0.231 e. The summed E-state index contributed by atoms with van der Waals surface area (Å²) in [5, 5.41) is 3.70. The monoisotopic (exact) mass is 296 g/mol. The molecule has 0 spiro atoms. The fourth-order valence-electron chi connectivity index (χ4n) is 3.41. The van der Waals surface area contributed by atoms with E-state index < -0.39 is 0 Å². The minimum absolute atomic E-state index is 0.123. The van der Waals surface area contributed by atoms with Gasteiger partial charge in [0.05, 0.1) is 0 Å². The largest absolute Gasteiger partial charge is 0.454 e. The van der Waals surface area contributed by atoms with E-state index in [0.29, 0.717) is 12.8 Å². The van der Waals surface area contributed by atoms with Crippen molar-refractivity contribution in [2.24, 2.45) is 5.73 Å². The van der Waals surface area contributed by atoms with Gasteiger partial charge in [-0.2, -0.15) is 0 Å². The molecule has 0 saturated carbocycles. The van der Waals surface area contributed by atoms with Gasteiger partial charge >= 0.3 is 0 Å². The first-order chi connectivity index (χ1) is 10.7. The Balaban J connectivity index is 1.54. The van der Waals surface area contributed by atoms with Crippen LogP contribution in [0.5, 0.6) is 11.5 Å². The highest BCUT2D eigenvalue weighted by Crippen LogP contribution is 2.39. The normalized spacial score (nSPS) is 23.4. The molecule has 0 fully saturated rings. The molecular formula is C18H20N2O2. The second kappa shape index (κ2) is 5.30. The summed E-state index contributed by atoms with van der Waals surface area (Å²) in [6, 6.07) is 15.2. The number of hydrogen-bond acceptors (Lipinski definition) is 4. The van der Waals surface area contributed by atoms with E-state index in [1.807, 2.05) is 6.07 Å². The lowest BCUT2D eigenvalue weighted by molar-refractivity contribution is 0.174. The van der Waals surface area contributed by atoms with E-state index >= 15 is 0 Å². The van der Waals surface area contributed by atoms with Gasteiger partial charge in [0.25, 0.3) is 0 Å². The Morgan fingerprint density at radius 1 is 1.09 bits per heavy atom. The Kier molecular flexibility index (Phi) is 3.28. The third kappa shape index (κ3) is 2.25. The van der Waals surface area contributed by atoms with E-state index in [1.165, 1.54) is 16.7 Å². The second-order valence-corrected chi connectivity index (χ2v) is 6.02. The van der Waals surface area contributed by atoms with Gasteiger partial charge in [-0.25, -0.2) is 0 Å². The Labute approximate surface area is 130 Å². The molecule has 2 aromatic carbocycles. The highest BCUT2D eigenvalue weighted by molar-refractivity contribution is 5.45. The number of nitrogens with two attached hydrogens (primary N) is 1. The topological polar surface area (TPSA) is 56.5 Å². The molecule has 3 atom stereocenters. The maximum absolute atomic E-state index is 6.25. The molecule has 1 aliphatic carbocycles. The number of ether oxygens (including phenoxy) is 2. The molecule has 0 amide bonds. The van der Waals surface area contributed by atoms with Crippen molar-refractivity contribution in [2.45, 2.75) is 31.5 Å². The van der Waals surface area contributed by atoms with Gasteiger partial charge in [0.15, 0.2) is 11.5 Å². The Bertz CT molecular complexity index is 701. The third-order valence-electron chi connectivity index (χ3n) is 4.61. The fraction of sp³-hybridized carbons (Fsp3) is 0.333. The highest BCUT2D eigenvalue weighted by atomic mass is 16.7. The lowest BCUT2D eigenvalue weighted by atomic mass is 10.0. The van der Waals surface area contributed by atoms with Crippen LogP contribution in [0.25, 0.3) is 0 Å². The lowest BCUT2D eigenvalue weighted by Crippen LogP contribution is -2.23. The van der Waals surface area contributed by atoms with E-state index in [2.05, 4.69) is 48.6 Å². The number of fused-ring (bicyclic) bond motifs is 2. The van der Waals surface area contributed by atoms with Crippen LogP contribution in [-0.2, 0) is 0 Å². The summed E-state index contributed by atoms with van der Waals surface area (Å²) >= 11 is 0. The Morgan fingerprint density at radius 3 is 2.73 bits per heavy atom. The van der Waals surface area contributed by atoms with Crippen molar-refractivity contribution in [3.63, 3.8) is 0 Å². The molecule has 4 nitrogen and oxygen atoms in total. The lowest BCUT2D eigenvalue weighted by Gasteiger charge is -2.21. The van der Waals surface area contributed by atoms with Crippen molar-refractivity contribution in [1.29, 1.82) is 0 Å². The molecule has 4 heteroatoms. The minimum atomic E-state index is 0.123. The zero-order chi connectivity index (χ0) is 15.1. The molecule has 0 saturated heterocycles. The number of rotatable bonds is 3. The van der Waals surface area contributed by atoms with Crippen LogP contribution in [-0.4, -0.2) is 6.79 Å². The molecule has 1 heterocycles. The molecule has 2 aliphatic rings. The average molecular weight is 296 g/mol. The van der Waals surface area contributed by atoms with Gasteiger partial charge in [-0.1, -0.05) is 30.3 Å². The zero-order valence-electron chi connectivity index (χ0n) is 12.6. The van der Waals surface area contributed by atoms with Crippen LogP contribution in [0.3, 0.4) is 0 Å². The standard InChI is InChI=1S/C18H20N2O2/c1-11(12-6-7-17-18(8-12)22-10-21-17)20-16-9-15(19)13-4-2-3-5-14(13)16/h2-8,11,15-16,20H,9-10,19H2,1H3. The van der Waals surface area contributed by atoms with Crippen molar-refractivity contribution < 1.29 is 9.47 Å². The quantitative estimate of drug-likeness (QED) is 0.913. The van der Waals surface area contributed by atoms with Gasteiger partial charge in [-0.05, 0) is 42.2 Å². The molecule has 0 bridgehead atoms. The van der Waals surface area contributed by atoms with Crippen molar-refractivity contribution >= 4 is 0 Å². The van der Waals surface area contributed by atoms with E-state index in [-0.39, 0.29) is 12.1 Å². The first kappa shape index (κ1) is 13.6. The van der Waals surface area contributed by atoms with Gasteiger partial charge in [-0.3, -0.25) is 0 Å². The summed E-state index contributed by atoms with van der Waals surface area (Å²) in [5.41, 5.74) is 10.0. The van der Waals surface area contributed by atoms with Gasteiger partial charge in [0, 0.05) is 18.1 Å². The van der Waals surface area contributed by atoms with Crippen LogP contribution in [0.2, 0.25) is 0 Å². The van der Waals surface area contributed by atoms with E-state index in [1.54, 1.807) is 0 Å². The highest BCUT2D eigenvalue weighted by Gasteiger charge is 2.29. The predicted molar refractivity (Wildman–Crippen MR) is 84.8 cm³/mol. The molecule has 3 N–H and O–H groups in total. The van der Waals surface area contributed by atoms with Crippen LogP contribution in [0, 0.1) is 0 Å². The van der Waals surface area contributed by atoms with Crippen LogP contribution in [0.1, 0.15) is 48.2 Å². The smallest absolute Gasteiger partial charge is 0.231 e. The van der Waals surface area contributed by atoms with Crippen LogP contribution in [0.4, 0.5) is 0 Å². The summed E-state index contributed by atoms with van der Waals surface area (Å²) < 4.78 is 10.8. The van der Waals surface area contributed by atoms with E-state index in [4.69, 9.17) is 15.2 Å². The average Bonchev–Trinajstić information content (AvgIpc) is 3.12. The van der Waals surface area contributed by atoms with Gasteiger partial charge in [0.2, 0.25) is 6.79 Å².